The molecule has 0 bridgehead atoms. The highest BCUT2D eigenvalue weighted by atomic mass is 79.9. The van der Waals surface area contributed by atoms with Crippen LogP contribution in [0.5, 0.6) is 0 Å². The van der Waals surface area contributed by atoms with Crippen LogP contribution in [0.15, 0.2) is 88.2 Å². The van der Waals surface area contributed by atoms with Gasteiger partial charge in [-0.25, -0.2) is 8.42 Å². The summed E-state index contributed by atoms with van der Waals surface area (Å²) in [5.74, 6) is -0.586. The third-order valence-electron chi connectivity index (χ3n) is 5.84. The molecule has 7 nitrogen and oxygen atoms in total. The van der Waals surface area contributed by atoms with Gasteiger partial charge in [0.1, 0.15) is 12.6 Å². The van der Waals surface area contributed by atoms with E-state index in [1.54, 1.807) is 37.3 Å². The number of para-hydroxylation sites is 1. The molecule has 3 aromatic carbocycles. The molecule has 1 N–H and O–H groups in total. The van der Waals surface area contributed by atoms with Gasteiger partial charge in [-0.15, -0.1) is 0 Å². The van der Waals surface area contributed by atoms with Gasteiger partial charge in [0.15, 0.2) is 0 Å². The van der Waals surface area contributed by atoms with Gasteiger partial charge in [0.05, 0.1) is 10.6 Å². The van der Waals surface area contributed by atoms with E-state index in [1.165, 1.54) is 29.2 Å². The van der Waals surface area contributed by atoms with Crippen molar-refractivity contribution in [1.82, 2.24) is 10.2 Å². The van der Waals surface area contributed by atoms with Crippen LogP contribution in [0, 0.1) is 5.92 Å². The number of nitrogens with one attached hydrogen (secondary N) is 1. The van der Waals surface area contributed by atoms with Crippen LogP contribution in [0.2, 0.25) is 5.02 Å². The lowest BCUT2D eigenvalue weighted by atomic mass is 10.1. The van der Waals surface area contributed by atoms with E-state index in [4.69, 9.17) is 11.6 Å². The van der Waals surface area contributed by atoms with Gasteiger partial charge in [-0.05, 0) is 66.9 Å². The molecule has 10 heteroatoms. The molecule has 0 fully saturated rings. The van der Waals surface area contributed by atoms with Crippen molar-refractivity contribution in [3.8, 4) is 0 Å². The molecule has 0 aromatic heterocycles. The third-order valence-corrected chi connectivity index (χ3v) is 8.41. The lowest BCUT2D eigenvalue weighted by molar-refractivity contribution is -0.139. The number of nitrogens with zero attached hydrogens (tertiary/aromatic N) is 2. The van der Waals surface area contributed by atoms with Crippen molar-refractivity contribution < 1.29 is 18.0 Å². The lowest BCUT2D eigenvalue weighted by Gasteiger charge is -2.32. The molecule has 3 aromatic rings. The molecule has 0 saturated carbocycles. The minimum absolute atomic E-state index is 0.000683. The van der Waals surface area contributed by atoms with Crippen LogP contribution in [-0.2, 0) is 26.2 Å². The van der Waals surface area contributed by atoms with Crippen LogP contribution < -0.4 is 9.62 Å². The zero-order chi connectivity index (χ0) is 27.9. The van der Waals surface area contributed by atoms with E-state index < -0.39 is 28.5 Å². The van der Waals surface area contributed by atoms with Gasteiger partial charge in [-0.1, -0.05) is 71.7 Å². The van der Waals surface area contributed by atoms with Crippen molar-refractivity contribution in [3.63, 3.8) is 0 Å². The van der Waals surface area contributed by atoms with Gasteiger partial charge < -0.3 is 10.2 Å². The molecular weight excluding hydrogens is 590 g/mol. The molecule has 0 radical (unpaired) electrons. The molecule has 1 atom stereocenters. The van der Waals surface area contributed by atoms with Crippen molar-refractivity contribution in [3.05, 3.63) is 93.9 Å². The van der Waals surface area contributed by atoms with Crippen molar-refractivity contribution in [2.75, 3.05) is 17.4 Å². The zero-order valence-corrected chi connectivity index (χ0v) is 24.6. The molecule has 0 aliphatic heterocycles. The summed E-state index contributed by atoms with van der Waals surface area (Å²) in [4.78, 5) is 28.2. The Labute approximate surface area is 238 Å². The highest BCUT2D eigenvalue weighted by Gasteiger charge is 2.32. The van der Waals surface area contributed by atoms with E-state index in [2.05, 4.69) is 21.2 Å². The van der Waals surface area contributed by atoms with Gasteiger partial charge in [0.25, 0.3) is 10.0 Å². The average molecular weight is 621 g/mol. The second-order valence-corrected chi connectivity index (χ2v) is 12.5. The fourth-order valence-electron chi connectivity index (χ4n) is 3.68. The summed E-state index contributed by atoms with van der Waals surface area (Å²) in [7, 11) is -4.12. The molecule has 3 rings (SSSR count). The monoisotopic (exact) mass is 619 g/mol. The number of amides is 2. The maximum atomic E-state index is 13.8. The third kappa shape index (κ3) is 7.82. The molecule has 0 aliphatic rings. The van der Waals surface area contributed by atoms with Crippen LogP contribution in [0.3, 0.4) is 0 Å². The molecule has 0 aliphatic carbocycles. The molecule has 1 unspecified atom stereocenters. The summed E-state index contributed by atoms with van der Waals surface area (Å²) in [6.07, 6.45) is 0. The summed E-state index contributed by atoms with van der Waals surface area (Å²) in [5.41, 5.74) is 1.13. The van der Waals surface area contributed by atoms with Crippen LogP contribution >= 0.6 is 27.5 Å². The van der Waals surface area contributed by atoms with Crippen molar-refractivity contribution in [2.45, 2.75) is 38.3 Å². The maximum Gasteiger partial charge on any atom is 0.264 e. The number of hydrogen-bond donors (Lipinski definition) is 1. The fourth-order valence-corrected chi connectivity index (χ4v) is 5.48. The number of sulfonamides is 1. The van der Waals surface area contributed by atoms with Crippen LogP contribution in [0.4, 0.5) is 5.69 Å². The number of carbonyl (C=O) groups is 2. The van der Waals surface area contributed by atoms with E-state index in [0.29, 0.717) is 17.3 Å². The highest BCUT2D eigenvalue weighted by Crippen LogP contribution is 2.25. The Hall–Kier alpha value is -2.88. The van der Waals surface area contributed by atoms with E-state index in [9.17, 15) is 18.0 Å². The van der Waals surface area contributed by atoms with Gasteiger partial charge in [-0.3, -0.25) is 13.9 Å². The fraction of sp³-hybridized carbons (Fsp3) is 0.286. The largest absolute Gasteiger partial charge is 0.354 e. The standard InChI is InChI=1S/C28H31BrClN3O4S/c1-20(2)17-31-28(35)21(3)32(18-22-9-11-23(29)12-10-22)27(34)19-33(25-7-5-4-6-8-25)38(36,37)26-15-13-24(30)14-16-26/h4-16,20-21H,17-19H2,1-3H3,(H,31,35). The van der Waals surface area contributed by atoms with E-state index in [-0.39, 0.29) is 23.3 Å². The van der Waals surface area contributed by atoms with Gasteiger partial charge in [0, 0.05) is 22.6 Å². The number of halogens is 2. The van der Waals surface area contributed by atoms with E-state index in [0.717, 1.165) is 14.3 Å². The molecule has 0 spiro atoms. The number of rotatable bonds is 11. The topological polar surface area (TPSA) is 86.8 Å². The summed E-state index contributed by atoms with van der Waals surface area (Å²) >= 11 is 9.38. The predicted octanol–water partition coefficient (Wildman–Crippen LogP) is 5.49. The minimum atomic E-state index is -4.12. The Morgan fingerprint density at radius 3 is 2.11 bits per heavy atom. The Morgan fingerprint density at radius 2 is 1.53 bits per heavy atom. The molecule has 38 heavy (non-hydrogen) atoms. The normalized spacial score (nSPS) is 12.2. The number of anilines is 1. The van der Waals surface area contributed by atoms with Crippen LogP contribution in [0.25, 0.3) is 0 Å². The first-order chi connectivity index (χ1) is 18.0. The van der Waals surface area contributed by atoms with Crippen LogP contribution in [-0.4, -0.2) is 44.3 Å². The highest BCUT2D eigenvalue weighted by molar-refractivity contribution is 9.10. The average Bonchev–Trinajstić information content (AvgIpc) is 2.90. The lowest BCUT2D eigenvalue weighted by Crippen LogP contribution is -2.51. The molecule has 0 heterocycles. The maximum absolute atomic E-state index is 13.8. The Bertz CT molecular complexity index is 1330. The van der Waals surface area contributed by atoms with E-state index >= 15 is 0 Å². The number of carbonyl (C=O) groups excluding carboxylic acids is 2. The Morgan fingerprint density at radius 1 is 0.921 bits per heavy atom. The van der Waals surface area contributed by atoms with Crippen molar-refractivity contribution in [2.24, 2.45) is 5.92 Å². The minimum Gasteiger partial charge on any atom is -0.354 e. The quantitative estimate of drug-likeness (QED) is 0.307. The summed E-state index contributed by atoms with van der Waals surface area (Å²) in [5, 5.41) is 3.27. The van der Waals surface area contributed by atoms with E-state index in [1.807, 2.05) is 38.1 Å². The summed E-state index contributed by atoms with van der Waals surface area (Å²) in [6, 6.07) is 20.8. The second kappa shape index (κ2) is 13.3. The Balaban J connectivity index is 1.97. The molecule has 202 valence electrons. The molecule has 2 amide bonds. The molecular formula is C28H31BrClN3O4S. The Kier molecular flexibility index (Phi) is 10.4. The van der Waals surface area contributed by atoms with Crippen LogP contribution in [0.1, 0.15) is 26.3 Å². The zero-order valence-electron chi connectivity index (χ0n) is 21.5. The van der Waals surface area contributed by atoms with Crippen molar-refractivity contribution >= 4 is 55.1 Å². The van der Waals surface area contributed by atoms with Gasteiger partial charge >= 0.3 is 0 Å². The number of benzene rings is 3. The second-order valence-electron chi connectivity index (χ2n) is 9.26. The summed E-state index contributed by atoms with van der Waals surface area (Å²) in [6.45, 7) is 5.71. The van der Waals surface area contributed by atoms with Gasteiger partial charge in [0.2, 0.25) is 11.8 Å². The van der Waals surface area contributed by atoms with Gasteiger partial charge in [-0.2, -0.15) is 0 Å². The first-order valence-corrected chi connectivity index (χ1v) is 14.7. The summed E-state index contributed by atoms with van der Waals surface area (Å²) < 4.78 is 29.4. The van der Waals surface area contributed by atoms with Crippen molar-refractivity contribution in [1.29, 1.82) is 0 Å². The molecule has 0 saturated heterocycles. The number of hydrogen-bond acceptors (Lipinski definition) is 4. The smallest absolute Gasteiger partial charge is 0.264 e. The predicted molar refractivity (Wildman–Crippen MR) is 154 cm³/mol. The first-order valence-electron chi connectivity index (χ1n) is 12.1. The SMILES string of the molecule is CC(C)CNC(=O)C(C)N(Cc1ccc(Br)cc1)C(=O)CN(c1ccccc1)S(=O)(=O)c1ccc(Cl)cc1. The first kappa shape index (κ1) is 29.7.